The molecular formula is C25H33N3O6. The number of allylic oxidation sites excluding steroid dienone is 2. The molecule has 6 N–H and O–H groups in total. The van der Waals surface area contributed by atoms with E-state index in [1.807, 2.05) is 0 Å². The maximum Gasteiger partial charge on any atom is 0.246 e. The molecule has 2 unspecified atom stereocenters. The number of Topliss-reactive ketones (excluding diaryl/α,β-unsaturated/α-hetero) is 1. The predicted octanol–water partition coefficient (Wildman–Crippen LogP) is 1.25. The highest BCUT2D eigenvalue weighted by molar-refractivity contribution is 5.92. The number of nitrogens with zero attached hydrogens (tertiary/aromatic N) is 1. The van der Waals surface area contributed by atoms with Crippen LogP contribution in [0.3, 0.4) is 0 Å². The van der Waals surface area contributed by atoms with Crippen molar-refractivity contribution in [1.82, 2.24) is 10.2 Å². The number of aliphatic hydroxyl groups is 1. The lowest BCUT2D eigenvalue weighted by atomic mass is 9.93. The van der Waals surface area contributed by atoms with Gasteiger partial charge in [0.25, 0.3) is 0 Å². The van der Waals surface area contributed by atoms with Gasteiger partial charge in [0.1, 0.15) is 6.10 Å². The molecular weight excluding hydrogens is 438 g/mol. The van der Waals surface area contributed by atoms with Crippen molar-refractivity contribution in [3.63, 3.8) is 0 Å². The van der Waals surface area contributed by atoms with Crippen molar-refractivity contribution < 1.29 is 29.7 Å². The van der Waals surface area contributed by atoms with Crippen LogP contribution < -0.4 is 11.1 Å². The Morgan fingerprint density at radius 2 is 1.85 bits per heavy atom. The Morgan fingerprint density at radius 1 is 1.09 bits per heavy atom. The highest BCUT2D eigenvalue weighted by atomic mass is 16.3. The first-order chi connectivity index (χ1) is 16.3. The molecule has 0 aliphatic heterocycles. The van der Waals surface area contributed by atoms with Gasteiger partial charge in [0.15, 0.2) is 17.3 Å². The molecule has 34 heavy (non-hydrogen) atoms. The van der Waals surface area contributed by atoms with Crippen LogP contribution in [0.1, 0.15) is 31.2 Å². The van der Waals surface area contributed by atoms with Crippen molar-refractivity contribution in [2.24, 2.45) is 11.7 Å². The maximum atomic E-state index is 12.7. The zero-order chi connectivity index (χ0) is 24.9. The second-order valence-corrected chi connectivity index (χ2v) is 8.07. The van der Waals surface area contributed by atoms with Crippen LogP contribution in [0.4, 0.5) is 0 Å². The first-order valence-electron chi connectivity index (χ1n) is 11.3. The van der Waals surface area contributed by atoms with Crippen LogP contribution in [0.15, 0.2) is 48.6 Å². The third kappa shape index (κ3) is 9.21. The van der Waals surface area contributed by atoms with Gasteiger partial charge in [0.05, 0.1) is 0 Å². The molecule has 2 rings (SSSR count). The molecule has 2 amide bonds. The third-order valence-corrected chi connectivity index (χ3v) is 5.32. The van der Waals surface area contributed by atoms with Crippen molar-refractivity contribution in [2.45, 2.75) is 31.8 Å². The van der Waals surface area contributed by atoms with Crippen molar-refractivity contribution in [3.05, 3.63) is 54.1 Å². The smallest absolute Gasteiger partial charge is 0.246 e. The summed E-state index contributed by atoms with van der Waals surface area (Å²) in [5, 5.41) is 31.0. The van der Waals surface area contributed by atoms with Crippen LogP contribution in [0.2, 0.25) is 0 Å². The summed E-state index contributed by atoms with van der Waals surface area (Å²) < 4.78 is 0. The summed E-state index contributed by atoms with van der Waals surface area (Å²) in [4.78, 5) is 38.0. The second-order valence-electron chi connectivity index (χ2n) is 8.07. The van der Waals surface area contributed by atoms with Crippen LogP contribution >= 0.6 is 0 Å². The minimum Gasteiger partial charge on any atom is -0.504 e. The van der Waals surface area contributed by atoms with Gasteiger partial charge in [0, 0.05) is 38.0 Å². The van der Waals surface area contributed by atoms with Gasteiger partial charge >= 0.3 is 0 Å². The lowest BCUT2D eigenvalue weighted by Crippen LogP contribution is -2.34. The van der Waals surface area contributed by atoms with Crippen LogP contribution in [0.25, 0.3) is 6.08 Å². The molecule has 0 heterocycles. The van der Waals surface area contributed by atoms with Crippen LogP contribution in [0, 0.1) is 5.92 Å². The quantitative estimate of drug-likeness (QED) is 0.133. The zero-order valence-corrected chi connectivity index (χ0v) is 19.1. The lowest BCUT2D eigenvalue weighted by Gasteiger charge is -2.22. The Balaban J connectivity index is 1.82. The maximum absolute atomic E-state index is 12.7. The molecule has 1 aromatic carbocycles. The van der Waals surface area contributed by atoms with E-state index in [0.29, 0.717) is 38.2 Å². The number of nitrogens with one attached hydrogen (secondary N) is 1. The van der Waals surface area contributed by atoms with Gasteiger partial charge in [-0.3, -0.25) is 14.4 Å². The van der Waals surface area contributed by atoms with Gasteiger partial charge < -0.3 is 31.3 Å². The Hall–Kier alpha value is -3.43. The van der Waals surface area contributed by atoms with Crippen molar-refractivity contribution in [1.29, 1.82) is 0 Å². The fourth-order valence-corrected chi connectivity index (χ4v) is 3.36. The van der Waals surface area contributed by atoms with E-state index in [4.69, 9.17) is 5.73 Å². The van der Waals surface area contributed by atoms with E-state index in [9.17, 15) is 29.7 Å². The number of amides is 2. The SMILES string of the molecule is NCCCCN(CCCNC(=O)C=Cc1ccc(O)c(O)c1)C(=O)C=CC1C=CC(O)C(=O)C1. The van der Waals surface area contributed by atoms with E-state index >= 15 is 0 Å². The lowest BCUT2D eigenvalue weighted by molar-refractivity contribution is -0.127. The molecule has 9 heteroatoms. The molecule has 1 aliphatic carbocycles. The van der Waals surface area contributed by atoms with Gasteiger partial charge in [-0.05, 0) is 55.7 Å². The summed E-state index contributed by atoms with van der Waals surface area (Å²) >= 11 is 0. The topological polar surface area (TPSA) is 153 Å². The van der Waals surface area contributed by atoms with Gasteiger partial charge in [-0.2, -0.15) is 0 Å². The van der Waals surface area contributed by atoms with Gasteiger partial charge in [0.2, 0.25) is 11.8 Å². The van der Waals surface area contributed by atoms with Crippen molar-refractivity contribution in [3.8, 4) is 11.5 Å². The number of hydrogen-bond donors (Lipinski definition) is 5. The Bertz CT molecular complexity index is 941. The number of phenols is 2. The number of carbonyl (C=O) groups excluding carboxylic acids is 3. The minimum absolute atomic E-state index is 0.165. The summed E-state index contributed by atoms with van der Waals surface area (Å²) in [6.07, 6.45) is 10.3. The first kappa shape index (κ1) is 26.8. The average Bonchev–Trinajstić information content (AvgIpc) is 2.82. The molecule has 9 nitrogen and oxygen atoms in total. The number of aliphatic hydroxyl groups excluding tert-OH is 1. The molecule has 0 radical (unpaired) electrons. The predicted molar refractivity (Wildman–Crippen MR) is 129 cm³/mol. The van der Waals surface area contributed by atoms with E-state index in [2.05, 4.69) is 5.32 Å². The fourth-order valence-electron chi connectivity index (χ4n) is 3.36. The van der Waals surface area contributed by atoms with Crippen LogP contribution in [-0.4, -0.2) is 70.1 Å². The van der Waals surface area contributed by atoms with E-state index in [1.165, 1.54) is 36.4 Å². The number of nitrogens with two attached hydrogens (primary N) is 1. The number of benzene rings is 1. The highest BCUT2D eigenvalue weighted by Gasteiger charge is 2.20. The summed E-state index contributed by atoms with van der Waals surface area (Å²) in [6, 6.07) is 4.25. The Morgan fingerprint density at radius 3 is 2.56 bits per heavy atom. The molecule has 2 atom stereocenters. The first-order valence-corrected chi connectivity index (χ1v) is 11.3. The number of aromatic hydroxyl groups is 2. The fraction of sp³-hybridized carbons (Fsp3) is 0.400. The summed E-state index contributed by atoms with van der Waals surface area (Å²) in [6.45, 7) is 1.89. The van der Waals surface area contributed by atoms with E-state index in [-0.39, 0.29) is 41.4 Å². The molecule has 0 spiro atoms. The molecule has 184 valence electrons. The summed E-state index contributed by atoms with van der Waals surface area (Å²) in [7, 11) is 0. The highest BCUT2D eigenvalue weighted by Crippen LogP contribution is 2.25. The second kappa shape index (κ2) is 14.0. The third-order valence-electron chi connectivity index (χ3n) is 5.32. The van der Waals surface area contributed by atoms with Gasteiger partial charge in [-0.1, -0.05) is 24.3 Å². The monoisotopic (exact) mass is 471 g/mol. The molecule has 0 fully saturated rings. The number of ketones is 1. The van der Waals surface area contributed by atoms with Crippen molar-refractivity contribution in [2.75, 3.05) is 26.2 Å². The molecule has 1 aromatic rings. The van der Waals surface area contributed by atoms with E-state index in [1.54, 1.807) is 23.1 Å². The van der Waals surface area contributed by atoms with Crippen LogP contribution in [-0.2, 0) is 14.4 Å². The number of carbonyl (C=O) groups is 3. The Labute approximate surface area is 199 Å². The number of rotatable bonds is 12. The summed E-state index contributed by atoms with van der Waals surface area (Å²) in [5.74, 6) is -1.47. The van der Waals surface area contributed by atoms with Gasteiger partial charge in [-0.25, -0.2) is 0 Å². The molecule has 0 saturated heterocycles. The normalized spacial score (nSPS) is 18.0. The largest absolute Gasteiger partial charge is 0.504 e. The zero-order valence-electron chi connectivity index (χ0n) is 19.1. The minimum atomic E-state index is -1.06. The summed E-state index contributed by atoms with van der Waals surface area (Å²) in [5.41, 5.74) is 6.12. The molecule has 0 aromatic heterocycles. The van der Waals surface area contributed by atoms with E-state index < -0.39 is 6.10 Å². The molecule has 0 bridgehead atoms. The van der Waals surface area contributed by atoms with Crippen molar-refractivity contribution >= 4 is 23.7 Å². The molecule has 1 aliphatic rings. The van der Waals surface area contributed by atoms with E-state index in [0.717, 1.165) is 12.8 Å². The van der Waals surface area contributed by atoms with Gasteiger partial charge in [-0.15, -0.1) is 0 Å². The number of hydrogen-bond acceptors (Lipinski definition) is 7. The number of unbranched alkanes of at least 4 members (excludes halogenated alkanes) is 1. The average molecular weight is 472 g/mol. The van der Waals surface area contributed by atoms with Crippen LogP contribution in [0.5, 0.6) is 11.5 Å². The number of phenolic OH excluding ortho intramolecular Hbond substituents is 2. The molecule has 0 saturated carbocycles. The standard InChI is InChI=1S/C25H33N3O6/c26-12-1-2-14-28(25(34)11-7-19-5-9-21(30)23(32)17-19)15-3-13-27-24(33)10-6-18-4-8-20(29)22(31)16-18/h4-11,16,19,21,29-31H,1-3,12-15,17,26H2,(H,27,33). The Kier molecular flexibility index (Phi) is 11.0.